The molecule has 68 valence electrons. The van der Waals surface area contributed by atoms with Crippen molar-refractivity contribution in [3.8, 4) is 0 Å². The van der Waals surface area contributed by atoms with Crippen LogP contribution in [0, 0.1) is 0 Å². The third kappa shape index (κ3) is 5.43. The van der Waals surface area contributed by atoms with Gasteiger partial charge in [0.1, 0.15) is 0 Å². The molecule has 0 rings (SSSR count). The lowest BCUT2D eigenvalue weighted by atomic mass is 10.7. The van der Waals surface area contributed by atoms with Gasteiger partial charge in [0, 0.05) is 30.9 Å². The first-order valence-electron chi connectivity index (χ1n) is 3.22. The van der Waals surface area contributed by atoms with Gasteiger partial charge in [-0.3, -0.25) is 0 Å². The SMILES string of the molecule is CCOCCN(C)S(=O)(=O)Cl. The smallest absolute Gasteiger partial charge is 0.299 e. The van der Waals surface area contributed by atoms with Crippen molar-refractivity contribution in [2.24, 2.45) is 0 Å². The molecule has 0 unspecified atom stereocenters. The first kappa shape index (κ1) is 11.2. The van der Waals surface area contributed by atoms with Crippen molar-refractivity contribution in [3.05, 3.63) is 0 Å². The predicted molar refractivity (Wildman–Crippen MR) is 43.9 cm³/mol. The minimum atomic E-state index is -3.56. The van der Waals surface area contributed by atoms with Gasteiger partial charge in [-0.2, -0.15) is 12.7 Å². The van der Waals surface area contributed by atoms with Crippen LogP contribution in [-0.4, -0.2) is 39.5 Å². The van der Waals surface area contributed by atoms with Crippen LogP contribution in [0.4, 0.5) is 0 Å². The normalized spacial score (nSPS) is 12.4. The molecule has 0 N–H and O–H groups in total. The summed E-state index contributed by atoms with van der Waals surface area (Å²) >= 11 is 0. The molecule has 6 heteroatoms. The fraction of sp³-hybridized carbons (Fsp3) is 1.00. The Labute approximate surface area is 71.6 Å². The molecular weight excluding hydrogens is 190 g/mol. The molecule has 0 saturated heterocycles. The third-order valence-corrected chi connectivity index (χ3v) is 2.76. The molecule has 0 atom stereocenters. The molecule has 0 spiro atoms. The van der Waals surface area contributed by atoms with E-state index in [9.17, 15) is 8.42 Å². The Morgan fingerprint density at radius 3 is 2.45 bits per heavy atom. The summed E-state index contributed by atoms with van der Waals surface area (Å²) in [5.74, 6) is 0. The molecule has 0 heterocycles. The standard InChI is InChI=1S/C5H12ClNO3S/c1-3-10-5-4-7(2)11(6,8)9/h3-5H2,1-2H3. The van der Waals surface area contributed by atoms with Crippen LogP contribution in [0.15, 0.2) is 0 Å². The van der Waals surface area contributed by atoms with Crippen molar-refractivity contribution in [1.29, 1.82) is 0 Å². The van der Waals surface area contributed by atoms with E-state index in [1.807, 2.05) is 6.92 Å². The van der Waals surface area contributed by atoms with Crippen LogP contribution in [0.5, 0.6) is 0 Å². The Morgan fingerprint density at radius 2 is 2.09 bits per heavy atom. The number of hydrogen-bond donors (Lipinski definition) is 0. The summed E-state index contributed by atoms with van der Waals surface area (Å²) < 4.78 is 27.1. The maximum atomic E-state index is 10.6. The van der Waals surface area contributed by atoms with E-state index in [0.29, 0.717) is 19.8 Å². The lowest BCUT2D eigenvalue weighted by Crippen LogP contribution is -2.26. The lowest BCUT2D eigenvalue weighted by Gasteiger charge is -2.10. The molecule has 11 heavy (non-hydrogen) atoms. The Kier molecular flexibility index (Phi) is 4.99. The number of likely N-dealkylation sites (N-methyl/N-ethyl adjacent to an activating group) is 1. The zero-order valence-corrected chi connectivity index (χ0v) is 8.15. The average Bonchev–Trinajstić information content (AvgIpc) is 1.86. The molecule has 0 aliphatic rings. The van der Waals surface area contributed by atoms with Gasteiger partial charge in [-0.05, 0) is 6.92 Å². The quantitative estimate of drug-likeness (QED) is 0.479. The maximum absolute atomic E-state index is 10.6. The summed E-state index contributed by atoms with van der Waals surface area (Å²) in [5, 5.41) is 0. The summed E-state index contributed by atoms with van der Waals surface area (Å²) in [6.07, 6.45) is 0. The molecule has 0 aliphatic heterocycles. The number of hydrogen-bond acceptors (Lipinski definition) is 3. The predicted octanol–water partition coefficient (Wildman–Crippen LogP) is 0.438. The minimum absolute atomic E-state index is 0.291. The second kappa shape index (κ2) is 4.92. The van der Waals surface area contributed by atoms with Gasteiger partial charge in [0.05, 0.1) is 6.61 Å². The van der Waals surface area contributed by atoms with Crippen LogP contribution in [-0.2, 0) is 14.0 Å². The molecule has 0 fully saturated rings. The molecule has 0 amide bonds. The minimum Gasteiger partial charge on any atom is -0.380 e. The van der Waals surface area contributed by atoms with Crippen LogP contribution in [0.1, 0.15) is 6.92 Å². The molecule has 0 saturated carbocycles. The summed E-state index contributed by atoms with van der Waals surface area (Å²) in [7, 11) is 2.85. The number of halogens is 1. The van der Waals surface area contributed by atoms with Gasteiger partial charge in [0.25, 0.3) is 9.24 Å². The topological polar surface area (TPSA) is 46.6 Å². The van der Waals surface area contributed by atoms with Crippen molar-refractivity contribution in [3.63, 3.8) is 0 Å². The largest absolute Gasteiger partial charge is 0.380 e. The van der Waals surface area contributed by atoms with Crippen molar-refractivity contribution in [1.82, 2.24) is 4.31 Å². The van der Waals surface area contributed by atoms with Gasteiger partial charge >= 0.3 is 0 Å². The summed E-state index contributed by atoms with van der Waals surface area (Å²) in [6.45, 7) is 3.09. The molecule has 4 nitrogen and oxygen atoms in total. The van der Waals surface area contributed by atoms with Crippen molar-refractivity contribution < 1.29 is 13.2 Å². The zero-order chi connectivity index (χ0) is 8.91. The van der Waals surface area contributed by atoms with Crippen molar-refractivity contribution >= 4 is 19.9 Å². The molecule has 0 aliphatic carbocycles. The first-order valence-corrected chi connectivity index (χ1v) is 5.48. The number of rotatable bonds is 5. The molecule has 0 radical (unpaired) electrons. The van der Waals surface area contributed by atoms with E-state index in [1.165, 1.54) is 7.05 Å². The monoisotopic (exact) mass is 201 g/mol. The molecule has 0 aromatic rings. The highest BCUT2D eigenvalue weighted by atomic mass is 35.7. The second-order valence-electron chi connectivity index (χ2n) is 1.96. The molecule has 0 bridgehead atoms. The molecular formula is C5H12ClNO3S. The maximum Gasteiger partial charge on any atom is 0.299 e. The Bertz CT molecular complexity index is 192. The highest BCUT2D eigenvalue weighted by molar-refractivity contribution is 8.11. The molecule has 0 aromatic carbocycles. The van der Waals surface area contributed by atoms with Crippen LogP contribution >= 0.6 is 10.7 Å². The van der Waals surface area contributed by atoms with Crippen LogP contribution < -0.4 is 0 Å². The van der Waals surface area contributed by atoms with Crippen molar-refractivity contribution in [2.45, 2.75) is 6.92 Å². The summed E-state index contributed by atoms with van der Waals surface area (Å²) in [5.41, 5.74) is 0. The van der Waals surface area contributed by atoms with Gasteiger partial charge in [-0.15, -0.1) is 0 Å². The third-order valence-electron chi connectivity index (χ3n) is 1.13. The van der Waals surface area contributed by atoms with E-state index < -0.39 is 9.24 Å². The van der Waals surface area contributed by atoms with E-state index in [4.69, 9.17) is 15.4 Å². The number of ether oxygens (including phenoxy) is 1. The van der Waals surface area contributed by atoms with E-state index in [2.05, 4.69) is 0 Å². The molecule has 0 aromatic heterocycles. The van der Waals surface area contributed by atoms with E-state index in [-0.39, 0.29) is 0 Å². The fourth-order valence-electron chi connectivity index (χ4n) is 0.446. The van der Waals surface area contributed by atoms with Gasteiger partial charge in [0.2, 0.25) is 0 Å². The Balaban J connectivity index is 3.62. The second-order valence-corrected chi connectivity index (χ2v) is 4.58. The summed E-state index contributed by atoms with van der Waals surface area (Å²) in [4.78, 5) is 0. The average molecular weight is 202 g/mol. The first-order chi connectivity index (χ1) is 4.98. The van der Waals surface area contributed by atoms with Gasteiger partial charge in [-0.1, -0.05) is 0 Å². The van der Waals surface area contributed by atoms with Gasteiger partial charge in [0.15, 0.2) is 0 Å². The van der Waals surface area contributed by atoms with Crippen LogP contribution in [0.3, 0.4) is 0 Å². The zero-order valence-electron chi connectivity index (χ0n) is 6.58. The summed E-state index contributed by atoms with van der Waals surface area (Å²) in [6, 6.07) is 0. The fourth-order valence-corrected chi connectivity index (χ4v) is 0.946. The highest BCUT2D eigenvalue weighted by Gasteiger charge is 2.12. The Morgan fingerprint density at radius 1 is 1.55 bits per heavy atom. The van der Waals surface area contributed by atoms with Crippen LogP contribution in [0.25, 0.3) is 0 Å². The lowest BCUT2D eigenvalue weighted by molar-refractivity contribution is 0.139. The van der Waals surface area contributed by atoms with Gasteiger partial charge < -0.3 is 4.74 Å². The van der Waals surface area contributed by atoms with Gasteiger partial charge in [-0.25, -0.2) is 0 Å². The Hall–Kier alpha value is 0.160. The van der Waals surface area contributed by atoms with Crippen molar-refractivity contribution in [2.75, 3.05) is 26.8 Å². The highest BCUT2D eigenvalue weighted by Crippen LogP contribution is 2.01. The van der Waals surface area contributed by atoms with Crippen LogP contribution in [0.2, 0.25) is 0 Å². The van der Waals surface area contributed by atoms with E-state index >= 15 is 0 Å². The van der Waals surface area contributed by atoms with E-state index in [0.717, 1.165) is 4.31 Å². The van der Waals surface area contributed by atoms with E-state index in [1.54, 1.807) is 0 Å². The number of nitrogens with zero attached hydrogens (tertiary/aromatic N) is 1.